The van der Waals surface area contributed by atoms with Gasteiger partial charge in [0.25, 0.3) is 0 Å². The fourth-order valence-corrected chi connectivity index (χ4v) is 0.896. The van der Waals surface area contributed by atoms with Crippen molar-refractivity contribution in [3.8, 4) is 0 Å². The number of aryl methyl sites for hydroxylation is 1. The van der Waals surface area contributed by atoms with E-state index in [1.807, 2.05) is 0 Å². The fourth-order valence-electron chi connectivity index (χ4n) is 0.896. The molecule has 0 atom stereocenters. The second-order valence-corrected chi connectivity index (χ2v) is 2.48. The van der Waals surface area contributed by atoms with E-state index in [0.29, 0.717) is 0 Å². The van der Waals surface area contributed by atoms with Gasteiger partial charge in [0.15, 0.2) is 5.82 Å². The molecule has 0 amide bonds. The number of alkyl halides is 2. The topological polar surface area (TPSA) is 68.0 Å². The quantitative estimate of drug-likeness (QED) is 0.749. The van der Waals surface area contributed by atoms with E-state index in [-0.39, 0.29) is 0 Å². The lowest BCUT2D eigenvalue weighted by Crippen LogP contribution is -2.23. The molecular weight excluding hydrogens is 184 g/mol. The number of rotatable bonds is 3. The Hall–Kier alpha value is -1.53. The minimum atomic E-state index is -3.48. The van der Waals surface area contributed by atoms with Crippen molar-refractivity contribution in [1.82, 2.24) is 14.8 Å². The van der Waals surface area contributed by atoms with Crippen LogP contribution in [-0.4, -0.2) is 25.8 Å². The van der Waals surface area contributed by atoms with Crippen LogP contribution in [-0.2, 0) is 17.8 Å². The Morgan fingerprint density at radius 3 is 2.77 bits per heavy atom. The number of hydrogen-bond acceptors (Lipinski definition) is 3. The number of hydrogen-bond donors (Lipinski definition) is 1. The van der Waals surface area contributed by atoms with Crippen LogP contribution in [0.1, 0.15) is 12.2 Å². The summed E-state index contributed by atoms with van der Waals surface area (Å²) in [5.41, 5.74) is 0. The third kappa shape index (κ3) is 1.98. The second kappa shape index (κ2) is 3.08. The highest BCUT2D eigenvalue weighted by atomic mass is 19.3. The zero-order valence-corrected chi connectivity index (χ0v) is 6.74. The number of carboxylic acid groups (broad SMARTS) is 1. The molecule has 7 heteroatoms. The molecule has 5 nitrogen and oxygen atoms in total. The van der Waals surface area contributed by atoms with Crippen molar-refractivity contribution < 1.29 is 18.7 Å². The molecule has 0 fully saturated rings. The van der Waals surface area contributed by atoms with E-state index >= 15 is 0 Å². The van der Waals surface area contributed by atoms with Gasteiger partial charge in [-0.3, -0.25) is 4.79 Å². The van der Waals surface area contributed by atoms with E-state index < -0.39 is 24.1 Å². The summed E-state index contributed by atoms with van der Waals surface area (Å²) in [5, 5.41) is 11.6. The highest BCUT2D eigenvalue weighted by Crippen LogP contribution is 2.28. The summed E-state index contributed by atoms with van der Waals surface area (Å²) < 4.78 is 26.8. The molecule has 72 valence electrons. The van der Waals surface area contributed by atoms with E-state index in [0.717, 1.165) is 11.0 Å². The van der Waals surface area contributed by atoms with Crippen LogP contribution in [0, 0.1) is 0 Å². The maximum absolute atomic E-state index is 13.0. The smallest absolute Gasteiger partial charge is 0.316 e. The summed E-state index contributed by atoms with van der Waals surface area (Å²) in [5.74, 6) is -5.69. The van der Waals surface area contributed by atoms with Crippen LogP contribution in [0.3, 0.4) is 0 Å². The van der Waals surface area contributed by atoms with Crippen LogP contribution in [0.25, 0.3) is 0 Å². The molecule has 0 saturated heterocycles. The van der Waals surface area contributed by atoms with Gasteiger partial charge in [-0.05, 0) is 0 Å². The van der Waals surface area contributed by atoms with Gasteiger partial charge in [0.2, 0.25) is 0 Å². The Balaban J connectivity index is 2.93. The van der Waals surface area contributed by atoms with E-state index in [1.165, 1.54) is 7.05 Å². The lowest BCUT2D eigenvalue weighted by molar-refractivity contribution is -0.146. The number of nitrogens with zero attached hydrogens (tertiary/aromatic N) is 3. The summed E-state index contributed by atoms with van der Waals surface area (Å²) in [4.78, 5) is 13.4. The molecule has 1 aromatic heterocycles. The first-order valence-corrected chi connectivity index (χ1v) is 3.37. The van der Waals surface area contributed by atoms with Crippen LogP contribution in [0.5, 0.6) is 0 Å². The molecule has 13 heavy (non-hydrogen) atoms. The molecule has 0 radical (unpaired) electrons. The van der Waals surface area contributed by atoms with Crippen LogP contribution in [0.15, 0.2) is 6.33 Å². The SMILES string of the molecule is Cn1ncnc1C(F)(F)CC(=O)O. The zero-order chi connectivity index (χ0) is 10.1. The molecular formula is C6H7F2N3O2. The average molecular weight is 191 g/mol. The first-order chi connectivity index (χ1) is 5.93. The molecule has 1 rings (SSSR count). The van der Waals surface area contributed by atoms with E-state index in [4.69, 9.17) is 5.11 Å². The summed E-state index contributed by atoms with van der Waals surface area (Å²) in [6, 6.07) is 0. The summed E-state index contributed by atoms with van der Waals surface area (Å²) >= 11 is 0. The minimum Gasteiger partial charge on any atom is -0.481 e. The molecule has 0 saturated carbocycles. The number of halogens is 2. The van der Waals surface area contributed by atoms with Crippen molar-refractivity contribution >= 4 is 5.97 Å². The number of aromatic nitrogens is 3. The van der Waals surface area contributed by atoms with Gasteiger partial charge >= 0.3 is 11.9 Å². The van der Waals surface area contributed by atoms with Gasteiger partial charge < -0.3 is 5.11 Å². The highest BCUT2D eigenvalue weighted by Gasteiger charge is 2.39. The molecule has 0 aliphatic rings. The van der Waals surface area contributed by atoms with Gasteiger partial charge in [-0.15, -0.1) is 0 Å². The summed E-state index contributed by atoms with van der Waals surface area (Å²) in [7, 11) is 1.28. The van der Waals surface area contributed by atoms with Gasteiger partial charge in [0.05, 0.1) is 0 Å². The van der Waals surface area contributed by atoms with Crippen LogP contribution in [0.4, 0.5) is 8.78 Å². The predicted octanol–water partition coefficient (Wildman–Crippen LogP) is 0.382. The normalized spacial score (nSPS) is 11.6. The van der Waals surface area contributed by atoms with Crippen LogP contribution >= 0.6 is 0 Å². The molecule has 1 aromatic rings. The predicted molar refractivity (Wildman–Crippen MR) is 37.1 cm³/mol. The first-order valence-electron chi connectivity index (χ1n) is 3.37. The molecule has 0 spiro atoms. The van der Waals surface area contributed by atoms with Crippen molar-refractivity contribution in [2.24, 2.45) is 7.05 Å². The Bertz CT molecular complexity index is 323. The number of carboxylic acids is 1. The van der Waals surface area contributed by atoms with Gasteiger partial charge in [0, 0.05) is 7.05 Å². The van der Waals surface area contributed by atoms with Gasteiger partial charge in [-0.1, -0.05) is 0 Å². The van der Waals surface area contributed by atoms with Crippen LogP contribution < -0.4 is 0 Å². The second-order valence-electron chi connectivity index (χ2n) is 2.48. The van der Waals surface area contributed by atoms with Crippen molar-refractivity contribution in [3.05, 3.63) is 12.2 Å². The maximum Gasteiger partial charge on any atom is 0.316 e. The molecule has 0 aliphatic carbocycles. The number of aliphatic carboxylic acids is 1. The average Bonchev–Trinajstić information content (AvgIpc) is 2.32. The van der Waals surface area contributed by atoms with Crippen molar-refractivity contribution in [3.63, 3.8) is 0 Å². The lowest BCUT2D eigenvalue weighted by Gasteiger charge is -2.11. The summed E-state index contributed by atoms with van der Waals surface area (Å²) in [6.45, 7) is 0. The number of carbonyl (C=O) groups is 1. The Kier molecular flexibility index (Phi) is 2.26. The Labute approximate surface area is 72.0 Å². The summed E-state index contributed by atoms with van der Waals surface area (Å²) in [6.07, 6.45) is -0.329. The first kappa shape index (κ1) is 9.56. The van der Waals surface area contributed by atoms with E-state index in [9.17, 15) is 13.6 Å². The standard InChI is InChI=1S/C6H7F2N3O2/c1-11-5(9-3-10-11)6(7,8)2-4(12)13/h3H,2H2,1H3,(H,12,13). The van der Waals surface area contributed by atoms with Crippen molar-refractivity contribution in [2.75, 3.05) is 0 Å². The van der Waals surface area contributed by atoms with Gasteiger partial charge in [-0.25, -0.2) is 9.67 Å². The monoisotopic (exact) mass is 191 g/mol. The molecule has 0 aliphatic heterocycles. The molecule has 1 N–H and O–H groups in total. The van der Waals surface area contributed by atoms with Gasteiger partial charge in [0.1, 0.15) is 12.7 Å². The fraction of sp³-hybridized carbons (Fsp3) is 0.500. The highest BCUT2D eigenvalue weighted by molar-refractivity contribution is 5.67. The molecule has 0 aromatic carbocycles. The van der Waals surface area contributed by atoms with Crippen molar-refractivity contribution in [2.45, 2.75) is 12.3 Å². The van der Waals surface area contributed by atoms with E-state index in [1.54, 1.807) is 0 Å². The molecule has 0 unspecified atom stereocenters. The third-order valence-electron chi connectivity index (χ3n) is 1.41. The zero-order valence-electron chi connectivity index (χ0n) is 6.74. The largest absolute Gasteiger partial charge is 0.481 e. The molecule has 1 heterocycles. The minimum absolute atomic E-state index is 0.644. The van der Waals surface area contributed by atoms with Gasteiger partial charge in [-0.2, -0.15) is 13.9 Å². The maximum atomic E-state index is 13.0. The Morgan fingerprint density at radius 2 is 2.38 bits per heavy atom. The third-order valence-corrected chi connectivity index (χ3v) is 1.41. The Morgan fingerprint density at radius 1 is 1.77 bits per heavy atom. The van der Waals surface area contributed by atoms with Crippen molar-refractivity contribution in [1.29, 1.82) is 0 Å². The van der Waals surface area contributed by atoms with Crippen LogP contribution in [0.2, 0.25) is 0 Å². The lowest BCUT2D eigenvalue weighted by atomic mass is 10.2. The van der Waals surface area contributed by atoms with E-state index in [2.05, 4.69) is 10.1 Å². The molecule has 0 bridgehead atoms.